The van der Waals surface area contributed by atoms with Crippen molar-refractivity contribution in [3.63, 3.8) is 0 Å². The summed E-state index contributed by atoms with van der Waals surface area (Å²) in [6.07, 6.45) is 67.5. The molecule has 0 aromatic carbocycles. The molecule has 6 nitrogen and oxygen atoms in total. The zero-order valence-electron chi connectivity index (χ0n) is 44.8. The van der Waals surface area contributed by atoms with E-state index >= 15 is 0 Å². The van der Waals surface area contributed by atoms with Crippen LogP contribution in [0.1, 0.15) is 303 Å². The minimum atomic E-state index is -0.796. The van der Waals surface area contributed by atoms with Gasteiger partial charge in [0.1, 0.15) is 6.10 Å². The van der Waals surface area contributed by atoms with Crippen molar-refractivity contribution in [3.8, 4) is 0 Å². The molecule has 0 saturated heterocycles. The van der Waals surface area contributed by atoms with Crippen molar-refractivity contribution in [2.45, 2.75) is 322 Å². The molecule has 67 heavy (non-hydrogen) atoms. The molecule has 0 radical (unpaired) electrons. The molecule has 0 spiro atoms. The second-order valence-electron chi connectivity index (χ2n) is 20.1. The van der Waals surface area contributed by atoms with Gasteiger partial charge in [0.05, 0.1) is 25.2 Å². The fourth-order valence-corrected chi connectivity index (χ4v) is 8.95. The van der Waals surface area contributed by atoms with Gasteiger partial charge in [-0.25, -0.2) is 0 Å². The fourth-order valence-electron chi connectivity index (χ4n) is 8.95. The molecular formula is C61H113NO5. The summed E-state index contributed by atoms with van der Waals surface area (Å²) < 4.78 is 5.94. The first-order chi connectivity index (χ1) is 33.0. The van der Waals surface area contributed by atoms with E-state index in [9.17, 15) is 19.8 Å². The lowest BCUT2D eigenvalue weighted by atomic mass is 10.0. The van der Waals surface area contributed by atoms with E-state index in [0.29, 0.717) is 25.7 Å². The standard InChI is InChI=1S/C61H113NO5/c1-4-7-10-13-16-19-22-25-28-30-33-36-39-42-45-48-51-54-61(66)67-57(52-49-46-43-40-37-34-31-27-24-21-18-15-12-9-6-3)55-60(65)62-58(56-63)59(64)53-50-47-44-41-38-35-32-29-26-23-20-17-14-11-8-5-2/h16,19,25,28,33,36,42,45,57-59,63-64H,4-15,17-18,20-24,26-27,29-32,34-35,37-41,43-44,46-56H2,1-3H3,(H,62,65)/b19-16-,28-25-,36-33-,45-42-. The van der Waals surface area contributed by atoms with Gasteiger partial charge in [0.25, 0.3) is 0 Å². The van der Waals surface area contributed by atoms with Crippen molar-refractivity contribution in [3.05, 3.63) is 48.6 Å². The van der Waals surface area contributed by atoms with E-state index in [0.717, 1.165) is 64.2 Å². The van der Waals surface area contributed by atoms with E-state index < -0.39 is 18.2 Å². The lowest BCUT2D eigenvalue weighted by Crippen LogP contribution is -2.46. The predicted molar refractivity (Wildman–Crippen MR) is 292 cm³/mol. The largest absolute Gasteiger partial charge is 0.462 e. The van der Waals surface area contributed by atoms with E-state index in [-0.39, 0.29) is 24.9 Å². The van der Waals surface area contributed by atoms with Crippen LogP contribution in [0.25, 0.3) is 0 Å². The Morgan fingerprint density at radius 1 is 0.433 bits per heavy atom. The molecule has 0 rings (SSSR count). The summed E-state index contributed by atoms with van der Waals surface area (Å²) in [5, 5.41) is 23.9. The predicted octanol–water partition coefficient (Wildman–Crippen LogP) is 18.2. The van der Waals surface area contributed by atoms with Gasteiger partial charge in [-0.2, -0.15) is 0 Å². The summed E-state index contributed by atoms with van der Waals surface area (Å²) in [6.45, 7) is 6.48. The molecule has 6 heteroatoms. The van der Waals surface area contributed by atoms with Crippen LogP contribution in [0.5, 0.6) is 0 Å². The molecule has 3 unspecified atom stereocenters. The van der Waals surface area contributed by atoms with Crippen molar-refractivity contribution in [1.82, 2.24) is 5.32 Å². The van der Waals surface area contributed by atoms with Crippen LogP contribution in [0.4, 0.5) is 0 Å². The summed E-state index contributed by atoms with van der Waals surface area (Å²) in [5.41, 5.74) is 0. The number of aliphatic hydroxyl groups excluding tert-OH is 2. The third-order valence-corrected chi connectivity index (χ3v) is 13.4. The Hall–Kier alpha value is -2.18. The second-order valence-corrected chi connectivity index (χ2v) is 20.1. The minimum absolute atomic E-state index is 0.0593. The number of carbonyl (C=O) groups excluding carboxylic acids is 2. The number of amides is 1. The maximum absolute atomic E-state index is 13.3. The zero-order chi connectivity index (χ0) is 48.8. The smallest absolute Gasteiger partial charge is 0.306 e. The Morgan fingerprint density at radius 2 is 0.761 bits per heavy atom. The van der Waals surface area contributed by atoms with Crippen molar-refractivity contribution in [2.75, 3.05) is 6.61 Å². The highest BCUT2D eigenvalue weighted by atomic mass is 16.5. The van der Waals surface area contributed by atoms with Crippen LogP contribution in [0.15, 0.2) is 48.6 Å². The minimum Gasteiger partial charge on any atom is -0.462 e. The first-order valence-corrected chi connectivity index (χ1v) is 29.4. The van der Waals surface area contributed by atoms with Gasteiger partial charge in [-0.15, -0.1) is 0 Å². The number of carbonyl (C=O) groups is 2. The fraction of sp³-hybridized carbons (Fsp3) is 0.836. The van der Waals surface area contributed by atoms with E-state index in [4.69, 9.17) is 4.74 Å². The molecule has 0 saturated carbocycles. The third kappa shape index (κ3) is 50.0. The number of rotatable bonds is 53. The normalized spacial score (nSPS) is 13.4. The number of nitrogens with one attached hydrogen (secondary N) is 1. The number of hydrogen-bond donors (Lipinski definition) is 3. The average Bonchev–Trinajstić information content (AvgIpc) is 3.32. The van der Waals surface area contributed by atoms with E-state index in [1.54, 1.807) is 0 Å². The third-order valence-electron chi connectivity index (χ3n) is 13.4. The summed E-state index contributed by atoms with van der Waals surface area (Å²) in [7, 11) is 0. The molecule has 3 atom stereocenters. The molecule has 1 amide bonds. The van der Waals surface area contributed by atoms with Crippen LogP contribution in [0.3, 0.4) is 0 Å². The highest BCUT2D eigenvalue weighted by Crippen LogP contribution is 2.19. The van der Waals surface area contributed by atoms with Crippen LogP contribution in [0, 0.1) is 0 Å². The topological polar surface area (TPSA) is 95.9 Å². The molecule has 0 aliphatic rings. The number of aliphatic hydroxyl groups is 2. The van der Waals surface area contributed by atoms with Gasteiger partial charge >= 0.3 is 5.97 Å². The van der Waals surface area contributed by atoms with Crippen LogP contribution >= 0.6 is 0 Å². The Kier molecular flexibility index (Phi) is 53.0. The SMILES string of the molecule is CCCCC/C=C\C/C=C\C/C=C\C/C=C\CCCC(=O)OC(CCCCCCCCCCCCCCCCC)CC(=O)NC(CO)C(O)CCCCCCCCCCCCCCCCCC. The summed E-state index contributed by atoms with van der Waals surface area (Å²) in [6, 6.07) is -0.712. The number of allylic oxidation sites excluding steroid dienone is 8. The van der Waals surface area contributed by atoms with Crippen molar-refractivity contribution in [1.29, 1.82) is 0 Å². The molecule has 392 valence electrons. The van der Waals surface area contributed by atoms with Gasteiger partial charge in [-0.3, -0.25) is 9.59 Å². The number of esters is 1. The molecule has 0 bridgehead atoms. The second kappa shape index (κ2) is 54.8. The van der Waals surface area contributed by atoms with Crippen LogP contribution in [-0.2, 0) is 14.3 Å². The van der Waals surface area contributed by atoms with E-state index in [2.05, 4.69) is 74.7 Å². The highest BCUT2D eigenvalue weighted by molar-refractivity contribution is 5.77. The summed E-state index contributed by atoms with van der Waals surface area (Å²) in [4.78, 5) is 26.3. The van der Waals surface area contributed by atoms with Crippen LogP contribution in [-0.4, -0.2) is 46.9 Å². The van der Waals surface area contributed by atoms with Gasteiger partial charge in [0, 0.05) is 6.42 Å². The molecular weight excluding hydrogens is 827 g/mol. The monoisotopic (exact) mass is 940 g/mol. The molecule has 0 aromatic heterocycles. The highest BCUT2D eigenvalue weighted by Gasteiger charge is 2.24. The average molecular weight is 941 g/mol. The zero-order valence-corrected chi connectivity index (χ0v) is 44.8. The maximum atomic E-state index is 13.3. The molecule has 0 fully saturated rings. The van der Waals surface area contributed by atoms with Crippen molar-refractivity contribution < 1.29 is 24.5 Å². The Balaban J connectivity index is 4.60. The molecule has 0 aliphatic heterocycles. The van der Waals surface area contributed by atoms with Gasteiger partial charge in [0.2, 0.25) is 5.91 Å². The van der Waals surface area contributed by atoms with Crippen molar-refractivity contribution in [2.24, 2.45) is 0 Å². The molecule has 0 aliphatic carbocycles. The lowest BCUT2D eigenvalue weighted by molar-refractivity contribution is -0.151. The van der Waals surface area contributed by atoms with Gasteiger partial charge in [0.15, 0.2) is 0 Å². The Bertz CT molecular complexity index is 1150. The van der Waals surface area contributed by atoms with E-state index in [1.807, 2.05) is 0 Å². The van der Waals surface area contributed by atoms with Crippen molar-refractivity contribution >= 4 is 11.9 Å². The van der Waals surface area contributed by atoms with Crippen LogP contribution in [0.2, 0.25) is 0 Å². The first kappa shape index (κ1) is 64.8. The number of ether oxygens (including phenoxy) is 1. The molecule has 3 N–H and O–H groups in total. The first-order valence-electron chi connectivity index (χ1n) is 29.4. The van der Waals surface area contributed by atoms with Crippen LogP contribution < -0.4 is 5.32 Å². The molecule has 0 aromatic rings. The quantitative estimate of drug-likeness (QED) is 0.0321. The summed E-state index contributed by atoms with van der Waals surface area (Å²) >= 11 is 0. The van der Waals surface area contributed by atoms with Gasteiger partial charge < -0.3 is 20.3 Å². The number of hydrogen-bond acceptors (Lipinski definition) is 5. The molecule has 0 heterocycles. The summed E-state index contributed by atoms with van der Waals surface area (Å²) in [5.74, 6) is -0.526. The van der Waals surface area contributed by atoms with E-state index in [1.165, 1.54) is 186 Å². The lowest BCUT2D eigenvalue weighted by Gasteiger charge is -2.24. The number of unbranched alkanes of at least 4 members (excludes halogenated alkanes) is 33. The Morgan fingerprint density at radius 3 is 1.15 bits per heavy atom. The Labute approximate surface area is 416 Å². The van der Waals surface area contributed by atoms with Gasteiger partial charge in [-0.05, 0) is 64.2 Å². The van der Waals surface area contributed by atoms with Gasteiger partial charge in [-0.1, -0.05) is 275 Å². The maximum Gasteiger partial charge on any atom is 0.306 e.